The normalized spacial score (nSPS) is 22.5. The van der Waals surface area contributed by atoms with E-state index < -0.39 is 0 Å². The molecule has 2 aromatic rings. The van der Waals surface area contributed by atoms with E-state index in [9.17, 15) is 0 Å². The highest BCUT2D eigenvalue weighted by atomic mass is 16.5. The molecule has 0 spiro atoms. The number of aromatic nitrogens is 1. The molecule has 3 heterocycles. The average molecular weight is 348 g/mol. The first kappa shape index (κ1) is 15.9. The molecule has 5 heteroatoms. The van der Waals surface area contributed by atoms with Crippen LogP contribution in [0.3, 0.4) is 0 Å². The number of nitrogens with one attached hydrogen (secondary N) is 1. The standard InChI is InChI=1S/C21H24N4O/c1-26-19-10-4-9-17(23-19)14-7-3-8-15-20(22)16-11-25(13-5-2-6-13)12-18(16)24-21(14)15/h3-4,7-10,13,20,24H,2,5-6,11-12,22H2,1H3. The van der Waals surface area contributed by atoms with Crippen molar-refractivity contribution in [1.29, 1.82) is 0 Å². The number of nitrogens with zero attached hydrogens (tertiary/aromatic N) is 2. The van der Waals surface area contributed by atoms with Crippen molar-refractivity contribution in [3.05, 3.63) is 53.2 Å². The zero-order valence-electron chi connectivity index (χ0n) is 15.0. The van der Waals surface area contributed by atoms with Gasteiger partial charge in [0.25, 0.3) is 0 Å². The number of nitrogens with two attached hydrogens (primary N) is 1. The second-order valence-electron chi connectivity index (χ2n) is 7.43. The van der Waals surface area contributed by atoms with Crippen LogP contribution in [0.4, 0.5) is 5.69 Å². The Balaban J connectivity index is 1.51. The fraction of sp³-hybridized carbons (Fsp3) is 0.381. The Morgan fingerprint density at radius 2 is 2.00 bits per heavy atom. The van der Waals surface area contributed by atoms with Crippen molar-refractivity contribution in [2.24, 2.45) is 5.73 Å². The van der Waals surface area contributed by atoms with E-state index in [2.05, 4.69) is 33.4 Å². The molecule has 1 atom stereocenters. The molecule has 0 saturated heterocycles. The summed E-state index contributed by atoms with van der Waals surface area (Å²) in [7, 11) is 1.64. The summed E-state index contributed by atoms with van der Waals surface area (Å²) < 4.78 is 5.30. The third-order valence-corrected chi connectivity index (χ3v) is 6.01. The Hall–Kier alpha value is -2.37. The molecule has 5 nitrogen and oxygen atoms in total. The topological polar surface area (TPSA) is 63.4 Å². The van der Waals surface area contributed by atoms with Gasteiger partial charge in [-0.25, -0.2) is 4.98 Å². The number of benzene rings is 1. The van der Waals surface area contributed by atoms with Crippen molar-refractivity contribution < 1.29 is 4.74 Å². The van der Waals surface area contributed by atoms with Crippen LogP contribution in [-0.4, -0.2) is 36.1 Å². The highest BCUT2D eigenvalue weighted by molar-refractivity contribution is 5.82. The molecule has 0 radical (unpaired) electrons. The Labute approximate surface area is 153 Å². The van der Waals surface area contributed by atoms with Crippen LogP contribution in [0.15, 0.2) is 47.7 Å². The van der Waals surface area contributed by atoms with Crippen molar-refractivity contribution in [3.63, 3.8) is 0 Å². The van der Waals surface area contributed by atoms with Crippen molar-refractivity contribution in [2.45, 2.75) is 31.3 Å². The number of hydrogen-bond donors (Lipinski definition) is 2. The predicted octanol–water partition coefficient (Wildman–Crippen LogP) is 3.30. The number of anilines is 1. The molecule has 3 aliphatic rings. The van der Waals surface area contributed by atoms with Crippen LogP contribution in [-0.2, 0) is 0 Å². The molecular weight excluding hydrogens is 324 g/mol. The summed E-state index contributed by atoms with van der Waals surface area (Å²) in [4.78, 5) is 7.20. The molecule has 0 amide bonds. The first-order valence-electron chi connectivity index (χ1n) is 9.37. The minimum Gasteiger partial charge on any atom is -0.481 e. The van der Waals surface area contributed by atoms with E-state index in [1.807, 2.05) is 18.2 Å². The van der Waals surface area contributed by atoms with Crippen molar-refractivity contribution >= 4 is 5.69 Å². The van der Waals surface area contributed by atoms with Crippen LogP contribution in [0, 0.1) is 0 Å². The fourth-order valence-electron chi connectivity index (χ4n) is 4.29. The molecule has 0 bridgehead atoms. The lowest BCUT2D eigenvalue weighted by atomic mass is 9.90. The number of pyridine rings is 1. The first-order valence-corrected chi connectivity index (χ1v) is 9.37. The summed E-state index contributed by atoms with van der Waals surface area (Å²) in [6.45, 7) is 1.97. The third-order valence-electron chi connectivity index (χ3n) is 6.01. The molecule has 3 N–H and O–H groups in total. The fourth-order valence-corrected chi connectivity index (χ4v) is 4.29. The predicted molar refractivity (Wildman–Crippen MR) is 103 cm³/mol. The second-order valence-corrected chi connectivity index (χ2v) is 7.43. The Morgan fingerprint density at radius 3 is 2.77 bits per heavy atom. The second kappa shape index (κ2) is 6.11. The van der Waals surface area contributed by atoms with Gasteiger partial charge >= 0.3 is 0 Å². The molecule has 1 unspecified atom stereocenters. The summed E-state index contributed by atoms with van der Waals surface area (Å²) in [5.41, 5.74) is 13.5. The van der Waals surface area contributed by atoms with Gasteiger partial charge in [-0.1, -0.05) is 30.7 Å². The number of hydrogen-bond acceptors (Lipinski definition) is 5. The maximum Gasteiger partial charge on any atom is 0.213 e. The van der Waals surface area contributed by atoms with E-state index in [-0.39, 0.29) is 6.04 Å². The van der Waals surface area contributed by atoms with Gasteiger partial charge in [0.15, 0.2) is 0 Å². The van der Waals surface area contributed by atoms with Gasteiger partial charge in [-0.05, 0) is 30.0 Å². The molecule has 1 aromatic heterocycles. The molecule has 26 heavy (non-hydrogen) atoms. The number of rotatable bonds is 3. The summed E-state index contributed by atoms with van der Waals surface area (Å²) in [6.07, 6.45) is 4.00. The number of para-hydroxylation sites is 1. The van der Waals surface area contributed by atoms with Crippen LogP contribution in [0.25, 0.3) is 11.3 Å². The molecular formula is C21H24N4O. The lowest BCUT2D eigenvalue weighted by Crippen LogP contribution is -2.39. The summed E-state index contributed by atoms with van der Waals surface area (Å²) in [5.74, 6) is 0.622. The Kier molecular flexibility index (Phi) is 3.72. The van der Waals surface area contributed by atoms with Gasteiger partial charge < -0.3 is 15.8 Å². The maximum atomic E-state index is 6.69. The molecule has 5 rings (SSSR count). The van der Waals surface area contributed by atoms with E-state index in [0.717, 1.165) is 41.6 Å². The van der Waals surface area contributed by atoms with E-state index >= 15 is 0 Å². The van der Waals surface area contributed by atoms with Gasteiger partial charge in [-0.3, -0.25) is 4.90 Å². The quantitative estimate of drug-likeness (QED) is 0.891. The van der Waals surface area contributed by atoms with Crippen LogP contribution >= 0.6 is 0 Å². The summed E-state index contributed by atoms with van der Waals surface area (Å²) in [5, 5.41) is 3.70. The number of fused-ring (bicyclic) bond motifs is 1. The van der Waals surface area contributed by atoms with Crippen molar-refractivity contribution in [2.75, 3.05) is 25.5 Å². The maximum absolute atomic E-state index is 6.69. The molecule has 1 aliphatic carbocycles. The molecule has 1 saturated carbocycles. The lowest BCUT2D eigenvalue weighted by Gasteiger charge is -2.34. The van der Waals surface area contributed by atoms with Gasteiger partial charge in [0.2, 0.25) is 5.88 Å². The minimum absolute atomic E-state index is 0.0446. The smallest absolute Gasteiger partial charge is 0.213 e. The van der Waals surface area contributed by atoms with Gasteiger partial charge in [0, 0.05) is 36.5 Å². The van der Waals surface area contributed by atoms with E-state index in [1.165, 1.54) is 30.5 Å². The van der Waals surface area contributed by atoms with E-state index in [4.69, 9.17) is 10.5 Å². The van der Waals surface area contributed by atoms with Crippen LogP contribution in [0.2, 0.25) is 0 Å². The zero-order valence-corrected chi connectivity index (χ0v) is 15.0. The minimum atomic E-state index is -0.0446. The molecule has 1 fully saturated rings. The largest absolute Gasteiger partial charge is 0.481 e. The van der Waals surface area contributed by atoms with Crippen molar-refractivity contribution in [1.82, 2.24) is 9.88 Å². The Bertz CT molecular complexity index is 887. The highest BCUT2D eigenvalue weighted by Gasteiger charge is 2.37. The van der Waals surface area contributed by atoms with Crippen LogP contribution < -0.4 is 15.8 Å². The molecule has 2 aliphatic heterocycles. The van der Waals surface area contributed by atoms with Crippen LogP contribution in [0.5, 0.6) is 5.88 Å². The summed E-state index contributed by atoms with van der Waals surface area (Å²) in [6, 6.07) is 12.9. The van der Waals surface area contributed by atoms with E-state index in [0.29, 0.717) is 5.88 Å². The summed E-state index contributed by atoms with van der Waals surface area (Å²) >= 11 is 0. The van der Waals surface area contributed by atoms with Gasteiger partial charge in [-0.15, -0.1) is 0 Å². The number of methoxy groups -OCH3 is 1. The molecule has 134 valence electrons. The molecule has 1 aromatic carbocycles. The third kappa shape index (κ3) is 2.42. The van der Waals surface area contributed by atoms with Crippen molar-refractivity contribution in [3.8, 4) is 17.1 Å². The monoisotopic (exact) mass is 348 g/mol. The van der Waals surface area contributed by atoms with Gasteiger partial charge in [0.1, 0.15) is 0 Å². The SMILES string of the molecule is COc1cccc(-c2cccc3c2NC2=C(CN(C4CCC4)C2)C3N)n1. The first-order chi connectivity index (χ1) is 12.7. The number of ether oxygens (including phenoxy) is 1. The van der Waals surface area contributed by atoms with Gasteiger partial charge in [0.05, 0.1) is 24.5 Å². The highest BCUT2D eigenvalue weighted by Crippen LogP contribution is 2.43. The van der Waals surface area contributed by atoms with Gasteiger partial charge in [-0.2, -0.15) is 0 Å². The van der Waals surface area contributed by atoms with E-state index in [1.54, 1.807) is 7.11 Å². The lowest BCUT2D eigenvalue weighted by molar-refractivity contribution is 0.161. The average Bonchev–Trinajstić information content (AvgIpc) is 3.03. The Morgan fingerprint density at radius 1 is 1.15 bits per heavy atom. The van der Waals surface area contributed by atoms with Crippen LogP contribution in [0.1, 0.15) is 30.9 Å². The zero-order chi connectivity index (χ0) is 17.7.